The molecular formula is C14H22N2O2. The highest BCUT2D eigenvalue weighted by Crippen LogP contribution is 2.12. The van der Waals surface area contributed by atoms with Gasteiger partial charge in [0.25, 0.3) is 5.91 Å². The third-order valence-corrected chi connectivity index (χ3v) is 3.12. The molecular weight excluding hydrogens is 228 g/mol. The van der Waals surface area contributed by atoms with Gasteiger partial charge in [-0.3, -0.25) is 4.79 Å². The van der Waals surface area contributed by atoms with Crippen molar-refractivity contribution < 1.29 is 9.90 Å². The summed E-state index contributed by atoms with van der Waals surface area (Å²) in [5.74, 6) is 0.532. The smallest absolute Gasteiger partial charge is 0.253 e. The molecule has 0 aliphatic rings. The molecule has 0 aliphatic heterocycles. The number of benzene rings is 1. The number of rotatable bonds is 5. The number of nitrogens with zero attached hydrogens (tertiary/aromatic N) is 1. The van der Waals surface area contributed by atoms with Gasteiger partial charge >= 0.3 is 0 Å². The van der Waals surface area contributed by atoms with Gasteiger partial charge < -0.3 is 15.7 Å². The Morgan fingerprint density at radius 1 is 1.33 bits per heavy atom. The van der Waals surface area contributed by atoms with E-state index in [9.17, 15) is 9.90 Å². The predicted molar refractivity (Wildman–Crippen MR) is 72.5 cm³/mol. The lowest BCUT2D eigenvalue weighted by Gasteiger charge is -2.21. The van der Waals surface area contributed by atoms with Crippen molar-refractivity contribution in [2.24, 2.45) is 11.7 Å². The van der Waals surface area contributed by atoms with Gasteiger partial charge in [0.1, 0.15) is 5.75 Å². The standard InChI is InChI=1S/C14H22N2O2/c1-10(2)13(15)8-9-16(3)14(18)11-4-6-12(17)7-5-11/h4-7,10,13,17H,8-9,15H2,1-3H3. The molecule has 1 aromatic carbocycles. The highest BCUT2D eigenvalue weighted by Gasteiger charge is 2.14. The Hall–Kier alpha value is -1.55. The van der Waals surface area contributed by atoms with Gasteiger partial charge in [-0.1, -0.05) is 13.8 Å². The van der Waals surface area contributed by atoms with Crippen LogP contribution in [0.4, 0.5) is 0 Å². The van der Waals surface area contributed by atoms with Crippen molar-refractivity contribution in [3.8, 4) is 5.75 Å². The zero-order valence-electron chi connectivity index (χ0n) is 11.3. The van der Waals surface area contributed by atoms with Crippen molar-refractivity contribution in [2.75, 3.05) is 13.6 Å². The van der Waals surface area contributed by atoms with E-state index in [0.29, 0.717) is 18.0 Å². The van der Waals surface area contributed by atoms with E-state index in [1.807, 2.05) is 0 Å². The van der Waals surface area contributed by atoms with Gasteiger partial charge in [0.2, 0.25) is 0 Å². The van der Waals surface area contributed by atoms with Crippen molar-refractivity contribution in [3.05, 3.63) is 29.8 Å². The van der Waals surface area contributed by atoms with Crippen molar-refractivity contribution >= 4 is 5.91 Å². The summed E-state index contributed by atoms with van der Waals surface area (Å²) in [6.45, 7) is 4.79. The SMILES string of the molecule is CC(C)C(N)CCN(C)C(=O)c1ccc(O)cc1. The molecule has 4 nitrogen and oxygen atoms in total. The fourth-order valence-corrected chi connectivity index (χ4v) is 1.60. The lowest BCUT2D eigenvalue weighted by molar-refractivity contribution is 0.0789. The maximum Gasteiger partial charge on any atom is 0.253 e. The van der Waals surface area contributed by atoms with Crippen LogP contribution in [-0.4, -0.2) is 35.5 Å². The Morgan fingerprint density at radius 3 is 2.39 bits per heavy atom. The number of aromatic hydroxyl groups is 1. The van der Waals surface area contributed by atoms with Crippen LogP contribution in [0.3, 0.4) is 0 Å². The zero-order chi connectivity index (χ0) is 13.7. The summed E-state index contributed by atoms with van der Waals surface area (Å²) < 4.78 is 0. The van der Waals surface area contributed by atoms with Gasteiger partial charge in [0.05, 0.1) is 0 Å². The van der Waals surface area contributed by atoms with Crippen LogP contribution in [0.15, 0.2) is 24.3 Å². The Labute approximate surface area is 108 Å². The van der Waals surface area contributed by atoms with E-state index in [1.165, 1.54) is 12.1 Å². The first kappa shape index (κ1) is 14.5. The first-order valence-electron chi connectivity index (χ1n) is 6.22. The van der Waals surface area contributed by atoms with Crippen LogP contribution >= 0.6 is 0 Å². The summed E-state index contributed by atoms with van der Waals surface area (Å²) in [6.07, 6.45) is 0.790. The third-order valence-electron chi connectivity index (χ3n) is 3.12. The quantitative estimate of drug-likeness (QED) is 0.838. The lowest BCUT2D eigenvalue weighted by atomic mass is 10.0. The van der Waals surface area contributed by atoms with Crippen LogP contribution in [0, 0.1) is 5.92 Å². The first-order chi connectivity index (χ1) is 8.41. The second-order valence-corrected chi connectivity index (χ2v) is 4.97. The summed E-state index contributed by atoms with van der Waals surface area (Å²) in [6, 6.07) is 6.38. The van der Waals surface area contributed by atoms with E-state index < -0.39 is 0 Å². The Bertz CT molecular complexity index is 387. The number of nitrogens with two attached hydrogens (primary N) is 1. The van der Waals surface area contributed by atoms with Crippen LogP contribution in [0.1, 0.15) is 30.6 Å². The largest absolute Gasteiger partial charge is 0.508 e. The Morgan fingerprint density at radius 2 is 1.89 bits per heavy atom. The number of hydrogen-bond donors (Lipinski definition) is 2. The molecule has 0 bridgehead atoms. The van der Waals surface area contributed by atoms with Crippen molar-refractivity contribution in [3.63, 3.8) is 0 Å². The second kappa shape index (κ2) is 6.40. The van der Waals surface area contributed by atoms with Gasteiger partial charge in [0.15, 0.2) is 0 Å². The molecule has 0 radical (unpaired) electrons. The minimum Gasteiger partial charge on any atom is -0.508 e. The number of carbonyl (C=O) groups is 1. The van der Waals surface area contributed by atoms with Gasteiger partial charge in [-0.15, -0.1) is 0 Å². The number of carbonyl (C=O) groups excluding carboxylic acids is 1. The van der Waals surface area contributed by atoms with E-state index in [0.717, 1.165) is 6.42 Å². The molecule has 1 aromatic rings. The van der Waals surface area contributed by atoms with E-state index in [4.69, 9.17) is 5.73 Å². The van der Waals surface area contributed by atoms with E-state index in [-0.39, 0.29) is 17.7 Å². The van der Waals surface area contributed by atoms with E-state index >= 15 is 0 Å². The molecule has 0 aliphatic carbocycles. The van der Waals surface area contributed by atoms with E-state index in [2.05, 4.69) is 13.8 Å². The van der Waals surface area contributed by atoms with Gasteiger partial charge in [-0.05, 0) is 36.6 Å². The molecule has 0 saturated carbocycles. The fraction of sp³-hybridized carbons (Fsp3) is 0.500. The van der Waals surface area contributed by atoms with Crippen molar-refractivity contribution in [1.82, 2.24) is 4.90 Å². The molecule has 0 aromatic heterocycles. The minimum absolute atomic E-state index is 0.0500. The molecule has 1 rings (SSSR count). The second-order valence-electron chi connectivity index (χ2n) is 4.97. The van der Waals surface area contributed by atoms with Crippen LogP contribution in [0.2, 0.25) is 0 Å². The summed E-state index contributed by atoms with van der Waals surface area (Å²) in [7, 11) is 1.77. The highest BCUT2D eigenvalue weighted by molar-refractivity contribution is 5.94. The Balaban J connectivity index is 2.54. The maximum atomic E-state index is 12.0. The molecule has 18 heavy (non-hydrogen) atoms. The molecule has 0 saturated heterocycles. The number of amides is 1. The molecule has 3 N–H and O–H groups in total. The molecule has 4 heteroatoms. The molecule has 0 fully saturated rings. The van der Waals surface area contributed by atoms with E-state index in [1.54, 1.807) is 24.1 Å². The lowest BCUT2D eigenvalue weighted by Crippen LogP contribution is -2.34. The summed E-state index contributed by atoms with van der Waals surface area (Å²) >= 11 is 0. The third kappa shape index (κ3) is 4.04. The molecule has 1 atom stereocenters. The summed E-state index contributed by atoms with van der Waals surface area (Å²) in [4.78, 5) is 13.7. The zero-order valence-corrected chi connectivity index (χ0v) is 11.3. The summed E-state index contributed by atoms with van der Waals surface area (Å²) in [5.41, 5.74) is 6.53. The molecule has 100 valence electrons. The topological polar surface area (TPSA) is 66.6 Å². The maximum absolute atomic E-state index is 12.0. The Kier molecular flexibility index (Phi) is 5.16. The van der Waals surface area contributed by atoms with Gasteiger partial charge in [0, 0.05) is 25.2 Å². The number of phenolic OH excluding ortho intramolecular Hbond substituents is 1. The van der Waals surface area contributed by atoms with Crippen LogP contribution in [0.5, 0.6) is 5.75 Å². The molecule has 0 spiro atoms. The normalized spacial score (nSPS) is 12.5. The highest BCUT2D eigenvalue weighted by atomic mass is 16.3. The van der Waals surface area contributed by atoms with Crippen LogP contribution < -0.4 is 5.73 Å². The van der Waals surface area contributed by atoms with Crippen LogP contribution in [-0.2, 0) is 0 Å². The first-order valence-corrected chi connectivity index (χ1v) is 6.22. The molecule has 1 unspecified atom stereocenters. The minimum atomic E-state index is -0.0500. The van der Waals surface area contributed by atoms with Gasteiger partial charge in [-0.25, -0.2) is 0 Å². The van der Waals surface area contributed by atoms with Crippen LogP contribution in [0.25, 0.3) is 0 Å². The fourth-order valence-electron chi connectivity index (χ4n) is 1.60. The molecule has 1 amide bonds. The predicted octanol–water partition coefficient (Wildman–Crippen LogP) is 1.84. The van der Waals surface area contributed by atoms with Gasteiger partial charge in [-0.2, -0.15) is 0 Å². The van der Waals surface area contributed by atoms with Crippen molar-refractivity contribution in [1.29, 1.82) is 0 Å². The monoisotopic (exact) mass is 250 g/mol. The average Bonchev–Trinajstić information content (AvgIpc) is 2.35. The average molecular weight is 250 g/mol. The number of hydrogen-bond acceptors (Lipinski definition) is 3. The summed E-state index contributed by atoms with van der Waals surface area (Å²) in [5, 5.41) is 9.17. The molecule has 0 heterocycles. The van der Waals surface area contributed by atoms with Crippen molar-refractivity contribution in [2.45, 2.75) is 26.3 Å². The number of phenols is 1.